The van der Waals surface area contributed by atoms with Crippen molar-refractivity contribution in [2.45, 2.75) is 50.8 Å². The topological polar surface area (TPSA) is 0 Å². The van der Waals surface area contributed by atoms with E-state index >= 15 is 0 Å². The summed E-state index contributed by atoms with van der Waals surface area (Å²) in [5.74, 6) is 0.370. The fourth-order valence-electron chi connectivity index (χ4n) is 2.79. The van der Waals surface area contributed by atoms with E-state index in [1.54, 1.807) is 0 Å². The first kappa shape index (κ1) is 16.1. The van der Waals surface area contributed by atoms with E-state index in [2.05, 4.69) is 68.4 Å². The SMILES string of the molecule is CCCCc1ccc(C(Cl)C(CC)c2ccccc2)cc1. The van der Waals surface area contributed by atoms with E-state index in [1.807, 2.05) is 0 Å². The highest BCUT2D eigenvalue weighted by atomic mass is 35.5. The van der Waals surface area contributed by atoms with Gasteiger partial charge in [0.15, 0.2) is 0 Å². The van der Waals surface area contributed by atoms with E-state index in [1.165, 1.54) is 36.0 Å². The molecule has 2 atom stereocenters. The Balaban J connectivity index is 2.12. The largest absolute Gasteiger partial charge is 0.117 e. The van der Waals surface area contributed by atoms with Crippen LogP contribution in [-0.4, -0.2) is 0 Å². The summed E-state index contributed by atoms with van der Waals surface area (Å²) in [7, 11) is 0. The first-order valence-corrected chi connectivity index (χ1v) is 8.47. The third-order valence-corrected chi connectivity index (χ3v) is 4.69. The van der Waals surface area contributed by atoms with Crippen molar-refractivity contribution in [2.75, 3.05) is 0 Å². The molecule has 0 aromatic heterocycles. The van der Waals surface area contributed by atoms with E-state index in [4.69, 9.17) is 11.6 Å². The van der Waals surface area contributed by atoms with Gasteiger partial charge in [0, 0.05) is 5.92 Å². The van der Waals surface area contributed by atoms with Gasteiger partial charge in [-0.3, -0.25) is 0 Å². The van der Waals surface area contributed by atoms with E-state index in [9.17, 15) is 0 Å². The van der Waals surface area contributed by atoms with Gasteiger partial charge in [0.05, 0.1) is 5.38 Å². The van der Waals surface area contributed by atoms with E-state index in [0.717, 1.165) is 6.42 Å². The predicted molar refractivity (Wildman–Crippen MR) is 93.1 cm³/mol. The summed E-state index contributed by atoms with van der Waals surface area (Å²) in [6, 6.07) is 19.5. The fourth-order valence-corrected chi connectivity index (χ4v) is 3.26. The molecule has 0 amide bonds. The van der Waals surface area contributed by atoms with Crippen LogP contribution in [0.25, 0.3) is 0 Å². The Morgan fingerprint density at radius 3 is 2.10 bits per heavy atom. The number of alkyl halides is 1. The molecule has 2 unspecified atom stereocenters. The highest BCUT2D eigenvalue weighted by Gasteiger charge is 2.20. The van der Waals surface area contributed by atoms with Crippen molar-refractivity contribution < 1.29 is 0 Å². The summed E-state index contributed by atoms with van der Waals surface area (Å²) in [5.41, 5.74) is 3.97. The van der Waals surface area contributed by atoms with Crippen molar-refractivity contribution in [1.82, 2.24) is 0 Å². The second kappa shape index (κ2) is 8.24. The second-order valence-corrected chi connectivity index (χ2v) is 6.14. The Kier molecular flexibility index (Phi) is 6.32. The van der Waals surface area contributed by atoms with E-state index in [-0.39, 0.29) is 5.38 Å². The molecule has 0 spiro atoms. The average Bonchev–Trinajstić information content (AvgIpc) is 2.55. The number of rotatable bonds is 7. The van der Waals surface area contributed by atoms with Gasteiger partial charge in [0.1, 0.15) is 0 Å². The van der Waals surface area contributed by atoms with Gasteiger partial charge in [0.2, 0.25) is 0 Å². The molecule has 0 heterocycles. The van der Waals surface area contributed by atoms with E-state index < -0.39 is 0 Å². The minimum Gasteiger partial charge on any atom is -0.117 e. The van der Waals surface area contributed by atoms with Crippen LogP contribution in [0.15, 0.2) is 54.6 Å². The van der Waals surface area contributed by atoms with Crippen LogP contribution in [0.3, 0.4) is 0 Å². The summed E-state index contributed by atoms with van der Waals surface area (Å²) in [4.78, 5) is 0. The standard InChI is InChI=1S/C20H25Cl/c1-3-5-9-16-12-14-18(15-13-16)20(21)19(4-2)17-10-7-6-8-11-17/h6-8,10-15,19-20H,3-5,9H2,1-2H3. The lowest BCUT2D eigenvalue weighted by atomic mass is 9.89. The molecule has 0 N–H and O–H groups in total. The maximum absolute atomic E-state index is 6.76. The van der Waals surface area contributed by atoms with Crippen molar-refractivity contribution in [3.8, 4) is 0 Å². The minimum atomic E-state index is 0.0395. The highest BCUT2D eigenvalue weighted by Crippen LogP contribution is 2.38. The van der Waals surface area contributed by atoms with Crippen LogP contribution in [-0.2, 0) is 6.42 Å². The first-order valence-electron chi connectivity index (χ1n) is 8.04. The summed E-state index contributed by atoms with van der Waals surface area (Å²) >= 11 is 6.76. The molecule has 0 radical (unpaired) electrons. The van der Waals surface area contributed by atoms with Crippen molar-refractivity contribution in [3.05, 3.63) is 71.3 Å². The van der Waals surface area contributed by atoms with Crippen LogP contribution in [0.1, 0.15) is 61.1 Å². The van der Waals surface area contributed by atoms with Gasteiger partial charge in [-0.15, -0.1) is 11.6 Å². The molecule has 2 aromatic carbocycles. The monoisotopic (exact) mass is 300 g/mol. The number of unbranched alkanes of at least 4 members (excludes halogenated alkanes) is 1. The maximum Gasteiger partial charge on any atom is 0.0653 e. The molecule has 0 bridgehead atoms. The normalized spacial score (nSPS) is 13.9. The summed E-state index contributed by atoms with van der Waals surface area (Å²) in [6.45, 7) is 4.44. The minimum absolute atomic E-state index is 0.0395. The molecule has 0 nitrogen and oxygen atoms in total. The van der Waals surface area contributed by atoms with Gasteiger partial charge in [-0.05, 0) is 36.0 Å². The predicted octanol–water partition coefficient (Wildman–Crippen LogP) is 6.50. The third-order valence-electron chi connectivity index (χ3n) is 4.14. The lowest BCUT2D eigenvalue weighted by Gasteiger charge is -2.22. The smallest absolute Gasteiger partial charge is 0.0653 e. The fraction of sp³-hybridized carbons (Fsp3) is 0.400. The molecule has 112 valence electrons. The summed E-state index contributed by atoms with van der Waals surface area (Å²) < 4.78 is 0. The van der Waals surface area contributed by atoms with Crippen LogP contribution in [0.2, 0.25) is 0 Å². The van der Waals surface area contributed by atoms with Crippen LogP contribution in [0.5, 0.6) is 0 Å². The quantitative estimate of drug-likeness (QED) is 0.512. The van der Waals surface area contributed by atoms with Crippen molar-refractivity contribution in [1.29, 1.82) is 0 Å². The molecule has 0 aliphatic rings. The van der Waals surface area contributed by atoms with Crippen LogP contribution >= 0.6 is 11.6 Å². The van der Waals surface area contributed by atoms with E-state index in [0.29, 0.717) is 5.92 Å². The number of benzene rings is 2. The Morgan fingerprint density at radius 2 is 1.52 bits per heavy atom. The average molecular weight is 301 g/mol. The van der Waals surface area contributed by atoms with Crippen LogP contribution < -0.4 is 0 Å². The van der Waals surface area contributed by atoms with Crippen molar-refractivity contribution in [2.24, 2.45) is 0 Å². The Bertz CT molecular complexity index is 515. The molecule has 2 aromatic rings. The number of hydrogen-bond acceptors (Lipinski definition) is 0. The molecule has 0 fully saturated rings. The molecule has 1 heteroatoms. The third kappa shape index (κ3) is 4.35. The number of hydrogen-bond donors (Lipinski definition) is 0. The van der Waals surface area contributed by atoms with Gasteiger partial charge in [-0.2, -0.15) is 0 Å². The zero-order valence-corrected chi connectivity index (χ0v) is 13.8. The Hall–Kier alpha value is -1.27. The zero-order valence-electron chi connectivity index (χ0n) is 13.1. The molecule has 0 saturated heterocycles. The van der Waals surface area contributed by atoms with Crippen molar-refractivity contribution in [3.63, 3.8) is 0 Å². The number of halogens is 1. The Labute approximate surface area is 134 Å². The van der Waals surface area contributed by atoms with Gasteiger partial charge in [0.25, 0.3) is 0 Å². The summed E-state index contributed by atoms with van der Waals surface area (Å²) in [6.07, 6.45) is 4.71. The van der Waals surface area contributed by atoms with Gasteiger partial charge >= 0.3 is 0 Å². The molecular weight excluding hydrogens is 276 g/mol. The maximum atomic E-state index is 6.76. The molecule has 21 heavy (non-hydrogen) atoms. The molecule has 2 rings (SSSR count). The zero-order chi connectivity index (χ0) is 15.1. The molecule has 0 saturated carbocycles. The Morgan fingerprint density at radius 1 is 0.857 bits per heavy atom. The highest BCUT2D eigenvalue weighted by molar-refractivity contribution is 6.21. The molecule has 0 aliphatic heterocycles. The first-order chi connectivity index (χ1) is 10.3. The lowest BCUT2D eigenvalue weighted by Crippen LogP contribution is -2.05. The lowest BCUT2D eigenvalue weighted by molar-refractivity contribution is 0.640. The molecule has 0 aliphatic carbocycles. The van der Waals surface area contributed by atoms with Crippen molar-refractivity contribution >= 4 is 11.6 Å². The number of aryl methyl sites for hydroxylation is 1. The van der Waals surface area contributed by atoms with Crippen LogP contribution in [0, 0.1) is 0 Å². The summed E-state index contributed by atoms with van der Waals surface area (Å²) in [5, 5.41) is 0.0395. The van der Waals surface area contributed by atoms with Gasteiger partial charge in [-0.25, -0.2) is 0 Å². The van der Waals surface area contributed by atoms with Gasteiger partial charge in [-0.1, -0.05) is 74.9 Å². The second-order valence-electron chi connectivity index (χ2n) is 5.67. The molecular formula is C20H25Cl. The van der Waals surface area contributed by atoms with Crippen LogP contribution in [0.4, 0.5) is 0 Å². The van der Waals surface area contributed by atoms with Gasteiger partial charge < -0.3 is 0 Å².